The average Bonchev–Trinajstić information content (AvgIpc) is 2.48. The number of pyridine rings is 1. The minimum atomic E-state index is 0.566. The van der Waals surface area contributed by atoms with Crippen LogP contribution in [0.3, 0.4) is 0 Å². The van der Waals surface area contributed by atoms with E-state index in [9.17, 15) is 0 Å². The molecule has 4 nitrogen and oxygen atoms in total. The minimum absolute atomic E-state index is 0.566. The molecule has 0 spiro atoms. The number of hydrogen-bond acceptors (Lipinski definition) is 3. The molecule has 14 heavy (non-hydrogen) atoms. The van der Waals surface area contributed by atoms with E-state index in [4.69, 9.17) is 9.68 Å². The van der Waals surface area contributed by atoms with Crippen LogP contribution in [0.1, 0.15) is 0 Å². The zero-order valence-electron chi connectivity index (χ0n) is 7.44. The Bertz CT molecular complexity index is 472. The van der Waals surface area contributed by atoms with E-state index in [-0.39, 0.29) is 0 Å². The van der Waals surface area contributed by atoms with Gasteiger partial charge in [0, 0.05) is 24.7 Å². The predicted octanol–water partition coefficient (Wildman–Crippen LogP) is 1.24. The number of rotatable bonds is 2. The number of hydrogen-bond donors (Lipinski definition) is 1. The molecule has 0 aliphatic rings. The maximum atomic E-state index is 8.55. The summed E-state index contributed by atoms with van der Waals surface area (Å²) in [4.78, 5) is 4.10. The van der Waals surface area contributed by atoms with Crippen LogP contribution in [0.5, 0.6) is 5.88 Å². The molecule has 0 atom stereocenters. The SMILES string of the molecule is Cn1c(O[B]O)cc2c(Br)nccc21. The monoisotopic (exact) mass is 253 g/mol. The third-order valence-corrected chi connectivity index (χ3v) is 2.68. The van der Waals surface area contributed by atoms with Crippen LogP contribution < -0.4 is 4.65 Å². The van der Waals surface area contributed by atoms with E-state index in [2.05, 4.69) is 20.9 Å². The Kier molecular flexibility index (Phi) is 2.47. The molecule has 0 unspecified atom stereocenters. The van der Waals surface area contributed by atoms with Crippen LogP contribution in [0.15, 0.2) is 22.9 Å². The molecule has 6 heteroatoms. The van der Waals surface area contributed by atoms with Crippen LogP contribution in [0.25, 0.3) is 10.9 Å². The van der Waals surface area contributed by atoms with Gasteiger partial charge in [-0.05, 0) is 22.0 Å². The maximum absolute atomic E-state index is 8.55. The number of fused-ring (bicyclic) bond motifs is 1. The zero-order valence-corrected chi connectivity index (χ0v) is 9.02. The second kappa shape index (κ2) is 3.63. The molecule has 2 rings (SSSR count). The molecule has 1 N–H and O–H groups in total. The summed E-state index contributed by atoms with van der Waals surface area (Å²) >= 11 is 3.34. The van der Waals surface area contributed by atoms with Crippen molar-refractivity contribution < 1.29 is 9.68 Å². The summed E-state index contributed by atoms with van der Waals surface area (Å²) in [5.41, 5.74) is 0.990. The molecule has 0 saturated carbocycles. The zero-order chi connectivity index (χ0) is 10.1. The molecule has 0 aliphatic carbocycles. The van der Waals surface area contributed by atoms with E-state index >= 15 is 0 Å². The van der Waals surface area contributed by atoms with Crippen LogP contribution in [-0.4, -0.2) is 22.3 Å². The van der Waals surface area contributed by atoms with Gasteiger partial charge in [-0.1, -0.05) is 0 Å². The Labute approximate surface area is 89.9 Å². The van der Waals surface area contributed by atoms with Crippen LogP contribution in [0.2, 0.25) is 0 Å². The summed E-state index contributed by atoms with van der Waals surface area (Å²) in [5.74, 6) is 0.566. The molecule has 71 valence electrons. The average molecular weight is 254 g/mol. The summed E-state index contributed by atoms with van der Waals surface area (Å²) < 4.78 is 7.51. The van der Waals surface area contributed by atoms with Gasteiger partial charge in [0.15, 0.2) is 5.88 Å². The van der Waals surface area contributed by atoms with E-state index in [1.54, 1.807) is 12.3 Å². The molecule has 0 amide bonds. The molecule has 0 aliphatic heterocycles. The predicted molar refractivity (Wildman–Crippen MR) is 57.0 cm³/mol. The Morgan fingerprint density at radius 1 is 1.64 bits per heavy atom. The van der Waals surface area contributed by atoms with E-state index in [1.807, 2.05) is 17.7 Å². The van der Waals surface area contributed by atoms with Crippen molar-refractivity contribution >= 4 is 34.5 Å². The highest BCUT2D eigenvalue weighted by molar-refractivity contribution is 9.10. The summed E-state index contributed by atoms with van der Waals surface area (Å²) in [6.07, 6.45) is 1.71. The van der Waals surface area contributed by atoms with Crippen molar-refractivity contribution in [3.8, 4) is 5.88 Å². The van der Waals surface area contributed by atoms with Gasteiger partial charge in [0.1, 0.15) is 4.60 Å². The second-order valence-electron chi connectivity index (χ2n) is 2.80. The minimum Gasteiger partial charge on any atom is -0.525 e. The Hall–Kier alpha value is -1.01. The van der Waals surface area contributed by atoms with Gasteiger partial charge in [-0.3, -0.25) is 0 Å². The molecule has 2 heterocycles. The van der Waals surface area contributed by atoms with Gasteiger partial charge in [0.25, 0.3) is 0 Å². The van der Waals surface area contributed by atoms with Crippen molar-refractivity contribution in [3.05, 3.63) is 22.9 Å². The second-order valence-corrected chi connectivity index (χ2v) is 3.55. The first kappa shape index (κ1) is 9.55. The highest BCUT2D eigenvalue weighted by Gasteiger charge is 2.09. The van der Waals surface area contributed by atoms with Crippen molar-refractivity contribution in [1.29, 1.82) is 0 Å². The molecule has 2 aromatic rings. The lowest BCUT2D eigenvalue weighted by Crippen LogP contribution is -2.03. The van der Waals surface area contributed by atoms with Gasteiger partial charge in [-0.15, -0.1) is 0 Å². The van der Waals surface area contributed by atoms with Gasteiger partial charge >= 0.3 is 7.69 Å². The van der Waals surface area contributed by atoms with Gasteiger partial charge in [0.05, 0.1) is 5.52 Å². The van der Waals surface area contributed by atoms with Crippen LogP contribution in [-0.2, 0) is 7.05 Å². The Morgan fingerprint density at radius 2 is 2.43 bits per heavy atom. The number of halogens is 1. The third kappa shape index (κ3) is 1.40. The molecule has 0 aromatic carbocycles. The fraction of sp³-hybridized carbons (Fsp3) is 0.125. The lowest BCUT2D eigenvalue weighted by molar-refractivity contribution is 0.433. The van der Waals surface area contributed by atoms with Gasteiger partial charge in [0.2, 0.25) is 0 Å². The van der Waals surface area contributed by atoms with Crippen LogP contribution in [0.4, 0.5) is 0 Å². The molecule has 1 radical (unpaired) electrons. The molecule has 0 fully saturated rings. The lowest BCUT2D eigenvalue weighted by atomic mass is 10.3. The molecular weight excluding hydrogens is 247 g/mol. The normalized spacial score (nSPS) is 10.5. The smallest absolute Gasteiger partial charge is 0.525 e. The molecule has 0 saturated heterocycles. The number of aryl methyl sites for hydroxylation is 1. The number of nitrogens with zero attached hydrogens (tertiary/aromatic N) is 2. The first-order valence-corrected chi connectivity index (χ1v) is 4.76. The summed E-state index contributed by atoms with van der Waals surface area (Å²) in [6, 6.07) is 3.68. The summed E-state index contributed by atoms with van der Waals surface area (Å²) in [6.45, 7) is 0. The standard InChI is InChI=1S/C8H7BBrN2O2/c1-12-6-2-3-11-8(10)5(6)4-7(12)14-9-13/h2-4,13H,1H3. The van der Waals surface area contributed by atoms with Gasteiger partial charge in [-0.2, -0.15) is 0 Å². The molecule has 0 bridgehead atoms. The van der Waals surface area contributed by atoms with E-state index < -0.39 is 0 Å². The van der Waals surface area contributed by atoms with E-state index in [0.717, 1.165) is 15.5 Å². The quantitative estimate of drug-likeness (QED) is 0.647. The lowest BCUT2D eigenvalue weighted by Gasteiger charge is -2.02. The van der Waals surface area contributed by atoms with E-state index in [0.29, 0.717) is 13.6 Å². The first-order valence-electron chi connectivity index (χ1n) is 3.96. The number of aromatic nitrogens is 2. The Morgan fingerprint density at radius 3 is 3.07 bits per heavy atom. The van der Waals surface area contributed by atoms with Crippen molar-refractivity contribution in [2.75, 3.05) is 0 Å². The van der Waals surface area contributed by atoms with Crippen molar-refractivity contribution in [2.24, 2.45) is 7.05 Å². The largest absolute Gasteiger partial charge is 0.570 e. The van der Waals surface area contributed by atoms with Crippen molar-refractivity contribution in [2.45, 2.75) is 0 Å². The molecular formula is C8H7BBrN2O2. The van der Waals surface area contributed by atoms with Crippen LogP contribution >= 0.6 is 15.9 Å². The van der Waals surface area contributed by atoms with Gasteiger partial charge < -0.3 is 14.2 Å². The maximum Gasteiger partial charge on any atom is 0.570 e. The highest BCUT2D eigenvalue weighted by atomic mass is 79.9. The van der Waals surface area contributed by atoms with Crippen molar-refractivity contribution in [1.82, 2.24) is 9.55 Å². The Balaban J connectivity index is 2.67. The summed E-state index contributed by atoms with van der Waals surface area (Å²) in [5, 5.41) is 9.50. The van der Waals surface area contributed by atoms with Crippen LogP contribution in [0, 0.1) is 0 Å². The topological polar surface area (TPSA) is 47.3 Å². The van der Waals surface area contributed by atoms with Gasteiger partial charge in [-0.25, -0.2) is 4.98 Å². The fourth-order valence-corrected chi connectivity index (χ4v) is 1.81. The molecule has 2 aromatic heterocycles. The van der Waals surface area contributed by atoms with E-state index in [1.165, 1.54) is 0 Å². The van der Waals surface area contributed by atoms with Crippen molar-refractivity contribution in [3.63, 3.8) is 0 Å². The summed E-state index contributed by atoms with van der Waals surface area (Å²) in [7, 11) is 2.52. The fourth-order valence-electron chi connectivity index (χ4n) is 1.37. The first-order chi connectivity index (χ1) is 6.74. The highest BCUT2D eigenvalue weighted by Crippen LogP contribution is 2.28. The third-order valence-electron chi connectivity index (χ3n) is 2.05.